The molecule has 1 amide bonds. The molecule has 0 spiro atoms. The highest BCUT2D eigenvalue weighted by atomic mass is 32.1. The molecule has 0 aromatic carbocycles. The van der Waals surface area contributed by atoms with Crippen LogP contribution in [0.1, 0.15) is 23.8 Å². The van der Waals surface area contributed by atoms with E-state index in [4.69, 9.17) is 5.73 Å². The van der Waals surface area contributed by atoms with E-state index in [2.05, 4.69) is 4.98 Å². The zero-order valence-electron chi connectivity index (χ0n) is 8.56. The topological polar surface area (TPSA) is 59.2 Å². The Kier molecular flexibility index (Phi) is 3.33. The molecule has 0 radical (unpaired) electrons. The van der Waals surface area contributed by atoms with Gasteiger partial charge in [-0.2, -0.15) is 0 Å². The number of nitrogens with two attached hydrogens (primary N) is 1. The van der Waals surface area contributed by atoms with Gasteiger partial charge in [0.15, 0.2) is 0 Å². The maximum Gasteiger partial charge on any atom is 0.236 e. The fraction of sp³-hybridized carbons (Fsp3) is 0.600. The quantitative estimate of drug-likeness (QED) is 0.810. The average Bonchev–Trinajstić information content (AvgIpc) is 2.82. The molecule has 82 valence electrons. The predicted octanol–water partition coefficient (Wildman–Crippen LogP) is 0.808. The van der Waals surface area contributed by atoms with E-state index in [0.717, 1.165) is 25.9 Å². The number of thiazole rings is 1. The van der Waals surface area contributed by atoms with Crippen molar-refractivity contribution < 1.29 is 4.79 Å². The number of nitrogens with zero attached hydrogens (tertiary/aromatic N) is 2. The van der Waals surface area contributed by atoms with Gasteiger partial charge in [0.1, 0.15) is 0 Å². The summed E-state index contributed by atoms with van der Waals surface area (Å²) in [5, 5.41) is 3.21. The lowest BCUT2D eigenvalue weighted by atomic mass is 9.97. The van der Waals surface area contributed by atoms with Crippen molar-refractivity contribution in [3.05, 3.63) is 16.6 Å². The van der Waals surface area contributed by atoms with Crippen molar-refractivity contribution in [3.8, 4) is 0 Å². The van der Waals surface area contributed by atoms with Gasteiger partial charge in [0.2, 0.25) is 5.91 Å². The molecule has 4 nitrogen and oxygen atoms in total. The van der Waals surface area contributed by atoms with Crippen LogP contribution in [0, 0.1) is 0 Å². The third-order valence-electron chi connectivity index (χ3n) is 2.82. The van der Waals surface area contributed by atoms with E-state index in [-0.39, 0.29) is 12.5 Å². The number of hydrogen-bond donors (Lipinski definition) is 1. The molecular weight excluding hydrogens is 210 g/mol. The van der Waals surface area contributed by atoms with E-state index in [1.807, 2.05) is 16.5 Å². The molecule has 0 unspecified atom stereocenters. The van der Waals surface area contributed by atoms with Crippen molar-refractivity contribution in [1.29, 1.82) is 0 Å². The first-order valence-electron chi connectivity index (χ1n) is 5.18. The van der Waals surface area contributed by atoms with Crippen LogP contribution in [-0.4, -0.2) is 35.4 Å². The van der Waals surface area contributed by atoms with Crippen molar-refractivity contribution in [2.75, 3.05) is 19.6 Å². The molecule has 2 rings (SSSR count). The summed E-state index contributed by atoms with van der Waals surface area (Å²) in [7, 11) is 0. The lowest BCUT2D eigenvalue weighted by molar-refractivity contribution is -0.130. The average molecular weight is 225 g/mol. The largest absolute Gasteiger partial charge is 0.342 e. The van der Waals surface area contributed by atoms with Gasteiger partial charge in [0, 0.05) is 30.6 Å². The first-order valence-corrected chi connectivity index (χ1v) is 6.06. The van der Waals surface area contributed by atoms with Crippen LogP contribution in [0.3, 0.4) is 0 Å². The van der Waals surface area contributed by atoms with Crippen molar-refractivity contribution in [2.45, 2.75) is 18.8 Å². The van der Waals surface area contributed by atoms with Gasteiger partial charge in [0.05, 0.1) is 11.6 Å². The zero-order valence-corrected chi connectivity index (χ0v) is 9.37. The Labute approximate surface area is 93.1 Å². The highest BCUT2D eigenvalue weighted by molar-refractivity contribution is 7.09. The molecular formula is C10H15N3OS. The van der Waals surface area contributed by atoms with Crippen molar-refractivity contribution in [3.63, 3.8) is 0 Å². The fourth-order valence-electron chi connectivity index (χ4n) is 1.94. The number of aromatic nitrogens is 1. The monoisotopic (exact) mass is 225 g/mol. The summed E-state index contributed by atoms with van der Waals surface area (Å²) < 4.78 is 0. The molecule has 0 aliphatic carbocycles. The lowest BCUT2D eigenvalue weighted by Crippen LogP contribution is -2.41. The molecule has 1 saturated heterocycles. The van der Waals surface area contributed by atoms with Crippen LogP contribution in [0.15, 0.2) is 11.6 Å². The van der Waals surface area contributed by atoms with Crippen molar-refractivity contribution in [1.82, 2.24) is 9.88 Å². The fourth-order valence-corrected chi connectivity index (χ4v) is 2.75. The van der Waals surface area contributed by atoms with Gasteiger partial charge < -0.3 is 10.6 Å². The number of amides is 1. The van der Waals surface area contributed by atoms with Crippen LogP contribution in [0.5, 0.6) is 0 Å². The molecule has 1 aromatic rings. The van der Waals surface area contributed by atoms with Crippen LogP contribution < -0.4 is 5.73 Å². The molecule has 2 N–H and O–H groups in total. The summed E-state index contributed by atoms with van der Waals surface area (Å²) in [6, 6.07) is 0. The van der Waals surface area contributed by atoms with E-state index in [0.29, 0.717) is 5.92 Å². The normalized spacial score (nSPS) is 18.1. The van der Waals surface area contributed by atoms with E-state index >= 15 is 0 Å². The second-order valence-electron chi connectivity index (χ2n) is 3.73. The Morgan fingerprint density at radius 3 is 2.87 bits per heavy atom. The summed E-state index contributed by atoms with van der Waals surface area (Å²) in [4.78, 5) is 17.5. The Morgan fingerprint density at radius 1 is 1.60 bits per heavy atom. The van der Waals surface area contributed by atoms with Gasteiger partial charge in [-0.25, -0.2) is 4.98 Å². The van der Waals surface area contributed by atoms with Crippen LogP contribution in [0.25, 0.3) is 0 Å². The first-order chi connectivity index (χ1) is 7.31. The zero-order chi connectivity index (χ0) is 10.7. The SMILES string of the molecule is NCC(=O)N1CCC(c2nccs2)CC1. The van der Waals surface area contributed by atoms with Gasteiger partial charge in [0.25, 0.3) is 0 Å². The Balaban J connectivity index is 1.90. The van der Waals surface area contributed by atoms with E-state index in [9.17, 15) is 4.79 Å². The van der Waals surface area contributed by atoms with E-state index < -0.39 is 0 Å². The highest BCUT2D eigenvalue weighted by Gasteiger charge is 2.24. The van der Waals surface area contributed by atoms with Gasteiger partial charge in [-0.1, -0.05) is 0 Å². The number of hydrogen-bond acceptors (Lipinski definition) is 4. The molecule has 2 heterocycles. The minimum Gasteiger partial charge on any atom is -0.342 e. The van der Waals surface area contributed by atoms with Gasteiger partial charge in [-0.3, -0.25) is 4.79 Å². The minimum absolute atomic E-state index is 0.0626. The second kappa shape index (κ2) is 4.72. The van der Waals surface area contributed by atoms with E-state index in [1.165, 1.54) is 5.01 Å². The van der Waals surface area contributed by atoms with Gasteiger partial charge in [-0.05, 0) is 12.8 Å². The van der Waals surface area contributed by atoms with E-state index in [1.54, 1.807) is 11.3 Å². The van der Waals surface area contributed by atoms with Crippen LogP contribution in [-0.2, 0) is 4.79 Å². The number of carbonyl (C=O) groups excluding carboxylic acids is 1. The summed E-state index contributed by atoms with van der Waals surface area (Å²) >= 11 is 1.71. The molecule has 0 bridgehead atoms. The third-order valence-corrected chi connectivity index (χ3v) is 3.76. The first kappa shape index (κ1) is 10.6. The second-order valence-corrected chi connectivity index (χ2v) is 4.66. The molecule has 15 heavy (non-hydrogen) atoms. The highest BCUT2D eigenvalue weighted by Crippen LogP contribution is 2.28. The number of rotatable bonds is 2. The number of carbonyl (C=O) groups is 1. The number of piperidine rings is 1. The predicted molar refractivity (Wildman–Crippen MR) is 59.7 cm³/mol. The maximum absolute atomic E-state index is 11.3. The van der Waals surface area contributed by atoms with Gasteiger partial charge >= 0.3 is 0 Å². The molecule has 1 fully saturated rings. The molecule has 5 heteroatoms. The van der Waals surface area contributed by atoms with Crippen molar-refractivity contribution >= 4 is 17.2 Å². The Morgan fingerprint density at radius 2 is 2.33 bits per heavy atom. The van der Waals surface area contributed by atoms with Crippen LogP contribution in [0.2, 0.25) is 0 Å². The maximum atomic E-state index is 11.3. The smallest absolute Gasteiger partial charge is 0.236 e. The summed E-state index contributed by atoms with van der Waals surface area (Å²) in [5.74, 6) is 0.597. The molecule has 1 aliphatic heterocycles. The standard InChI is InChI=1S/C10H15N3OS/c11-7-9(14)13-4-1-8(2-5-13)10-12-3-6-15-10/h3,6,8H,1-2,4-5,7,11H2. The summed E-state index contributed by atoms with van der Waals surface area (Å²) in [5.41, 5.74) is 5.33. The van der Waals surface area contributed by atoms with Crippen LogP contribution >= 0.6 is 11.3 Å². The lowest BCUT2D eigenvalue weighted by Gasteiger charge is -2.30. The van der Waals surface area contributed by atoms with Gasteiger partial charge in [-0.15, -0.1) is 11.3 Å². The number of likely N-dealkylation sites (tertiary alicyclic amines) is 1. The Bertz CT molecular complexity index is 317. The third kappa shape index (κ3) is 2.35. The summed E-state index contributed by atoms with van der Waals surface area (Å²) in [6.45, 7) is 1.77. The van der Waals surface area contributed by atoms with Crippen LogP contribution in [0.4, 0.5) is 0 Å². The molecule has 1 aliphatic rings. The molecule has 0 saturated carbocycles. The molecule has 0 atom stereocenters. The minimum atomic E-state index is 0.0626. The molecule has 1 aromatic heterocycles. The van der Waals surface area contributed by atoms with Crippen molar-refractivity contribution in [2.24, 2.45) is 5.73 Å². The summed E-state index contributed by atoms with van der Waals surface area (Å²) in [6.07, 6.45) is 3.87. The Hall–Kier alpha value is -0.940.